The highest BCUT2D eigenvalue weighted by molar-refractivity contribution is 7.99. The third kappa shape index (κ3) is 5.01. The second-order valence-electron chi connectivity index (χ2n) is 6.70. The number of piperazine rings is 1. The Morgan fingerprint density at radius 2 is 2.12 bits per heavy atom. The van der Waals surface area contributed by atoms with Gasteiger partial charge in [0, 0.05) is 44.2 Å². The van der Waals surface area contributed by atoms with Crippen LogP contribution in [-0.4, -0.2) is 64.2 Å². The maximum atomic E-state index is 12.0. The van der Waals surface area contributed by atoms with E-state index in [0.29, 0.717) is 42.4 Å². The van der Waals surface area contributed by atoms with E-state index >= 15 is 0 Å². The smallest absolute Gasteiger partial charge is 0.230 e. The number of amides is 2. The molecule has 2 heterocycles. The molecule has 1 atom stereocenters. The average molecular weight is 398 g/mol. The Morgan fingerprint density at radius 3 is 2.77 bits per heavy atom. The van der Waals surface area contributed by atoms with Crippen molar-refractivity contribution in [2.45, 2.75) is 50.4 Å². The number of rotatable bonds is 6. The lowest BCUT2D eigenvalue weighted by atomic mass is 10.1. The van der Waals surface area contributed by atoms with Gasteiger partial charge in [-0.05, 0) is 19.8 Å². The lowest BCUT2D eigenvalue weighted by molar-refractivity contribution is -0.133. The van der Waals surface area contributed by atoms with Crippen molar-refractivity contribution in [3.8, 4) is 0 Å². The summed E-state index contributed by atoms with van der Waals surface area (Å²) in [7, 11) is 0. The van der Waals surface area contributed by atoms with Gasteiger partial charge in [0.1, 0.15) is 11.0 Å². The summed E-state index contributed by atoms with van der Waals surface area (Å²) in [6.45, 7) is 6.00. The molecule has 3 rings (SSSR count). The van der Waals surface area contributed by atoms with Crippen molar-refractivity contribution in [1.29, 1.82) is 0 Å². The summed E-state index contributed by atoms with van der Waals surface area (Å²) in [5.41, 5.74) is 0. The first kappa shape index (κ1) is 19.2. The fourth-order valence-corrected chi connectivity index (χ4v) is 3.87. The van der Waals surface area contributed by atoms with Gasteiger partial charge >= 0.3 is 0 Å². The molecule has 1 aromatic rings. The fourth-order valence-electron chi connectivity index (χ4n) is 2.98. The van der Waals surface area contributed by atoms with Crippen LogP contribution in [0.1, 0.15) is 33.1 Å². The van der Waals surface area contributed by atoms with Crippen LogP contribution in [0.5, 0.6) is 0 Å². The lowest BCUT2D eigenvalue weighted by Crippen LogP contribution is -2.54. The summed E-state index contributed by atoms with van der Waals surface area (Å²) in [6, 6.07) is 2.20. The molecule has 7 nitrogen and oxygen atoms in total. The number of anilines is 1. The number of thioether (sulfide) groups is 1. The zero-order valence-electron chi connectivity index (χ0n) is 15.1. The van der Waals surface area contributed by atoms with Crippen molar-refractivity contribution < 1.29 is 9.59 Å². The van der Waals surface area contributed by atoms with E-state index in [9.17, 15) is 9.59 Å². The molecule has 0 spiro atoms. The van der Waals surface area contributed by atoms with Crippen molar-refractivity contribution in [2.24, 2.45) is 0 Å². The molecule has 9 heteroatoms. The lowest BCUT2D eigenvalue weighted by Gasteiger charge is -2.40. The molecular formula is C17H24ClN5O2S. The quantitative estimate of drug-likeness (QED) is 0.449. The monoisotopic (exact) mass is 397 g/mol. The SMILES string of the molecule is CCC(=O)N1CCN(c2cc(Cl)nc(SCC(=O)NC3CC3)n2)C[C@@H]1C. The highest BCUT2D eigenvalue weighted by Crippen LogP contribution is 2.25. The molecule has 26 heavy (non-hydrogen) atoms. The number of hydrogen-bond donors (Lipinski definition) is 1. The van der Waals surface area contributed by atoms with E-state index in [2.05, 4.69) is 20.2 Å². The van der Waals surface area contributed by atoms with Crippen LogP contribution in [0.2, 0.25) is 5.15 Å². The van der Waals surface area contributed by atoms with Gasteiger partial charge in [-0.15, -0.1) is 0 Å². The number of nitrogens with zero attached hydrogens (tertiary/aromatic N) is 4. The Kier molecular flexibility index (Phi) is 6.24. The van der Waals surface area contributed by atoms with Crippen molar-refractivity contribution in [2.75, 3.05) is 30.3 Å². The molecule has 0 radical (unpaired) electrons. The Balaban J connectivity index is 1.62. The van der Waals surface area contributed by atoms with Crippen LogP contribution in [0, 0.1) is 0 Å². The van der Waals surface area contributed by atoms with Crippen molar-refractivity contribution in [3.63, 3.8) is 0 Å². The Bertz CT molecular complexity index is 685. The van der Waals surface area contributed by atoms with Gasteiger partial charge in [0.25, 0.3) is 0 Å². The van der Waals surface area contributed by atoms with Crippen molar-refractivity contribution in [1.82, 2.24) is 20.2 Å². The van der Waals surface area contributed by atoms with Gasteiger partial charge < -0.3 is 15.1 Å². The number of halogens is 1. The highest BCUT2D eigenvalue weighted by Gasteiger charge is 2.28. The van der Waals surface area contributed by atoms with E-state index in [1.165, 1.54) is 11.8 Å². The molecule has 1 N–H and O–H groups in total. The highest BCUT2D eigenvalue weighted by atomic mass is 35.5. The fraction of sp³-hybridized carbons (Fsp3) is 0.647. The summed E-state index contributed by atoms with van der Waals surface area (Å²) < 4.78 is 0. The molecule has 2 aliphatic rings. The number of carbonyl (C=O) groups excluding carboxylic acids is 2. The van der Waals surface area contributed by atoms with Crippen molar-refractivity contribution in [3.05, 3.63) is 11.2 Å². The van der Waals surface area contributed by atoms with Gasteiger partial charge in [-0.25, -0.2) is 9.97 Å². The van der Waals surface area contributed by atoms with Gasteiger partial charge in [0.05, 0.1) is 5.75 Å². The molecular weight excluding hydrogens is 374 g/mol. The van der Waals surface area contributed by atoms with Crippen LogP contribution in [0.4, 0.5) is 5.82 Å². The zero-order valence-corrected chi connectivity index (χ0v) is 16.6. The first-order valence-electron chi connectivity index (χ1n) is 8.97. The molecule has 0 aromatic carbocycles. The second-order valence-corrected chi connectivity index (χ2v) is 8.03. The minimum absolute atomic E-state index is 0.00272. The molecule has 1 aliphatic heterocycles. The minimum atomic E-state index is 0.00272. The number of hydrogen-bond acceptors (Lipinski definition) is 6. The predicted octanol–water partition coefficient (Wildman–Crippen LogP) is 1.95. The third-order valence-corrected chi connectivity index (χ3v) is 5.55. The van der Waals surface area contributed by atoms with E-state index < -0.39 is 0 Å². The van der Waals surface area contributed by atoms with E-state index in [1.807, 2.05) is 18.7 Å². The maximum absolute atomic E-state index is 12.0. The van der Waals surface area contributed by atoms with Crippen LogP contribution in [-0.2, 0) is 9.59 Å². The Labute approximate surface area is 162 Å². The minimum Gasteiger partial charge on any atom is -0.353 e. The first-order chi connectivity index (χ1) is 12.5. The van der Waals surface area contributed by atoms with Crippen LogP contribution in [0.3, 0.4) is 0 Å². The number of aromatic nitrogens is 2. The summed E-state index contributed by atoms with van der Waals surface area (Å²) in [5.74, 6) is 1.20. The Morgan fingerprint density at radius 1 is 1.35 bits per heavy atom. The van der Waals surface area contributed by atoms with Gasteiger partial charge in [-0.1, -0.05) is 30.3 Å². The predicted molar refractivity (Wildman–Crippen MR) is 103 cm³/mol. The van der Waals surface area contributed by atoms with Gasteiger partial charge in [-0.3, -0.25) is 9.59 Å². The molecule has 0 unspecified atom stereocenters. The summed E-state index contributed by atoms with van der Waals surface area (Å²) >= 11 is 7.45. The van der Waals surface area contributed by atoms with Gasteiger partial charge in [0.15, 0.2) is 5.16 Å². The molecule has 1 saturated heterocycles. The normalized spacial score (nSPS) is 20.2. The standard InChI is InChI=1S/C17H24ClN5O2S/c1-3-16(25)23-7-6-22(9-11(23)2)14-8-13(18)20-17(21-14)26-10-15(24)19-12-4-5-12/h8,11-12H,3-7,9-10H2,1-2H3,(H,19,24)/t11-/m0/s1. The van der Waals surface area contributed by atoms with E-state index in [0.717, 1.165) is 18.7 Å². The summed E-state index contributed by atoms with van der Waals surface area (Å²) in [4.78, 5) is 36.6. The number of nitrogens with one attached hydrogen (secondary N) is 1. The molecule has 0 bridgehead atoms. The van der Waals surface area contributed by atoms with Crippen molar-refractivity contribution >= 4 is 41.0 Å². The summed E-state index contributed by atoms with van der Waals surface area (Å²) in [5, 5.41) is 3.81. The van der Waals surface area contributed by atoms with E-state index in [-0.39, 0.29) is 23.6 Å². The largest absolute Gasteiger partial charge is 0.353 e. The van der Waals surface area contributed by atoms with Crippen LogP contribution in [0.25, 0.3) is 0 Å². The molecule has 1 aliphatic carbocycles. The molecule has 1 saturated carbocycles. The second kappa shape index (κ2) is 8.43. The van der Waals surface area contributed by atoms with E-state index in [1.54, 1.807) is 6.07 Å². The third-order valence-electron chi connectivity index (χ3n) is 4.51. The van der Waals surface area contributed by atoms with Crippen LogP contribution >= 0.6 is 23.4 Å². The Hall–Kier alpha value is -1.54. The zero-order chi connectivity index (χ0) is 18.7. The molecule has 2 amide bonds. The van der Waals surface area contributed by atoms with Gasteiger partial charge in [-0.2, -0.15) is 0 Å². The summed E-state index contributed by atoms with van der Waals surface area (Å²) in [6.07, 6.45) is 2.66. The van der Waals surface area contributed by atoms with Gasteiger partial charge in [0.2, 0.25) is 11.8 Å². The topological polar surface area (TPSA) is 78.4 Å². The average Bonchev–Trinajstić information content (AvgIpc) is 3.42. The van der Waals surface area contributed by atoms with Crippen LogP contribution in [0.15, 0.2) is 11.2 Å². The molecule has 2 fully saturated rings. The number of carbonyl (C=O) groups is 2. The first-order valence-corrected chi connectivity index (χ1v) is 10.3. The molecule has 1 aromatic heterocycles. The van der Waals surface area contributed by atoms with E-state index in [4.69, 9.17) is 11.6 Å². The maximum Gasteiger partial charge on any atom is 0.230 e. The van der Waals surface area contributed by atoms with Crippen LogP contribution < -0.4 is 10.2 Å². The molecule has 142 valence electrons.